The molecule has 4 heteroatoms. The summed E-state index contributed by atoms with van der Waals surface area (Å²) in [5.41, 5.74) is 0. The summed E-state index contributed by atoms with van der Waals surface area (Å²) < 4.78 is 5.01. The molecule has 0 saturated carbocycles. The summed E-state index contributed by atoms with van der Waals surface area (Å²) in [5.74, 6) is 0. The highest BCUT2D eigenvalue weighted by Crippen LogP contribution is 1.98. The van der Waals surface area contributed by atoms with Crippen LogP contribution in [0.3, 0.4) is 0 Å². The number of hydrogen-bond acceptors (Lipinski definition) is 3. The van der Waals surface area contributed by atoms with E-state index in [4.69, 9.17) is 4.74 Å². The molecule has 0 atom stereocenters. The molecule has 0 aromatic heterocycles. The number of hydrazine groups is 1. The largest absolute Gasteiger partial charge is 0.448 e. The van der Waals surface area contributed by atoms with Crippen molar-refractivity contribution in [3.63, 3.8) is 0 Å². The number of rotatable bonds is 5. The summed E-state index contributed by atoms with van der Waals surface area (Å²) >= 11 is 0. The number of amides is 1. The van der Waals surface area contributed by atoms with Crippen molar-refractivity contribution in [3.8, 4) is 0 Å². The number of ether oxygens (including phenoxy) is 1. The van der Waals surface area contributed by atoms with E-state index in [-0.39, 0.29) is 6.09 Å². The minimum Gasteiger partial charge on any atom is -0.448 e. The van der Waals surface area contributed by atoms with Crippen LogP contribution >= 0.6 is 0 Å². The van der Waals surface area contributed by atoms with Crippen LogP contribution in [0.1, 0.15) is 26.7 Å². The Morgan fingerprint density at radius 2 is 1.85 bits per heavy atom. The number of hydrogen-bond donors (Lipinski definition) is 0. The highest BCUT2D eigenvalue weighted by atomic mass is 16.6. The number of carbonyl (C=O) groups is 1. The predicted octanol–water partition coefficient (Wildman–Crippen LogP) is 1.72. The quantitative estimate of drug-likeness (QED) is 0.616. The smallest absolute Gasteiger partial charge is 0.424 e. The van der Waals surface area contributed by atoms with E-state index in [0.29, 0.717) is 13.2 Å². The fourth-order valence-electron chi connectivity index (χ4n) is 0.930. The Bertz CT molecular complexity index is 149. The molecule has 0 aliphatic rings. The molecule has 0 saturated heterocycles. The maximum atomic E-state index is 11.4. The van der Waals surface area contributed by atoms with Crippen molar-refractivity contribution in [1.29, 1.82) is 0 Å². The Labute approximate surface area is 80.4 Å². The molecular weight excluding hydrogens is 168 g/mol. The van der Waals surface area contributed by atoms with Crippen molar-refractivity contribution < 1.29 is 9.53 Å². The predicted molar refractivity (Wildman–Crippen MR) is 52.3 cm³/mol. The maximum Gasteiger partial charge on any atom is 0.424 e. The molecule has 4 nitrogen and oxygen atoms in total. The lowest BCUT2D eigenvalue weighted by Gasteiger charge is -2.27. The molecule has 0 rings (SSSR count). The van der Waals surface area contributed by atoms with Gasteiger partial charge in [-0.3, -0.25) is 0 Å². The van der Waals surface area contributed by atoms with Crippen LogP contribution in [0, 0.1) is 0 Å². The van der Waals surface area contributed by atoms with Crippen molar-refractivity contribution in [1.82, 2.24) is 10.0 Å². The van der Waals surface area contributed by atoms with Gasteiger partial charge in [-0.2, -0.15) is 0 Å². The first kappa shape index (κ1) is 12.2. The molecule has 0 aromatic carbocycles. The summed E-state index contributed by atoms with van der Waals surface area (Å²) in [4.78, 5) is 11.4. The van der Waals surface area contributed by atoms with Crippen LogP contribution in [0.15, 0.2) is 0 Å². The van der Waals surface area contributed by atoms with Crippen molar-refractivity contribution >= 4 is 6.09 Å². The third-order valence-corrected chi connectivity index (χ3v) is 1.56. The Hall–Kier alpha value is -0.770. The van der Waals surface area contributed by atoms with E-state index in [1.807, 2.05) is 27.9 Å². The van der Waals surface area contributed by atoms with Crippen LogP contribution in [-0.2, 0) is 4.74 Å². The topological polar surface area (TPSA) is 32.8 Å². The Kier molecular flexibility index (Phi) is 6.32. The normalized spacial score (nSPS) is 10.2. The SMILES string of the molecule is CCCOC(=O)N(CCC)N(C)C. The standard InChI is InChI=1S/C9H20N2O2/c1-5-7-11(10(3)4)9(12)13-8-6-2/h5-8H2,1-4H3. The van der Waals surface area contributed by atoms with Crippen LogP contribution in [0.2, 0.25) is 0 Å². The minimum absolute atomic E-state index is 0.256. The lowest BCUT2D eigenvalue weighted by molar-refractivity contribution is 0.0118. The molecule has 0 N–H and O–H groups in total. The van der Waals surface area contributed by atoms with E-state index in [2.05, 4.69) is 0 Å². The van der Waals surface area contributed by atoms with Crippen LogP contribution in [0.25, 0.3) is 0 Å². The molecule has 0 radical (unpaired) electrons. The van der Waals surface area contributed by atoms with Gasteiger partial charge in [0.1, 0.15) is 0 Å². The number of nitrogens with zero attached hydrogens (tertiary/aromatic N) is 2. The Morgan fingerprint density at radius 1 is 1.23 bits per heavy atom. The number of carbonyl (C=O) groups excluding carboxylic acids is 1. The zero-order valence-electron chi connectivity index (χ0n) is 9.04. The lowest BCUT2D eigenvalue weighted by Crippen LogP contribution is -2.42. The minimum atomic E-state index is -0.256. The first-order valence-electron chi connectivity index (χ1n) is 4.75. The van der Waals surface area contributed by atoms with E-state index in [9.17, 15) is 4.79 Å². The molecule has 13 heavy (non-hydrogen) atoms. The van der Waals surface area contributed by atoms with Gasteiger partial charge in [0.2, 0.25) is 0 Å². The average molecular weight is 188 g/mol. The van der Waals surface area contributed by atoms with E-state index >= 15 is 0 Å². The van der Waals surface area contributed by atoms with Gasteiger partial charge in [0.15, 0.2) is 0 Å². The van der Waals surface area contributed by atoms with Crippen LogP contribution in [-0.4, -0.2) is 43.4 Å². The van der Waals surface area contributed by atoms with Crippen molar-refractivity contribution in [3.05, 3.63) is 0 Å². The van der Waals surface area contributed by atoms with E-state index in [0.717, 1.165) is 12.8 Å². The second kappa shape index (κ2) is 6.71. The zero-order chi connectivity index (χ0) is 10.3. The molecule has 0 aliphatic heterocycles. The van der Waals surface area contributed by atoms with E-state index < -0.39 is 0 Å². The molecule has 0 fully saturated rings. The molecule has 78 valence electrons. The van der Waals surface area contributed by atoms with Crippen molar-refractivity contribution in [2.75, 3.05) is 27.2 Å². The summed E-state index contributed by atoms with van der Waals surface area (Å²) in [6.45, 7) is 5.21. The molecule has 0 bridgehead atoms. The van der Waals surface area contributed by atoms with Crippen LogP contribution < -0.4 is 0 Å². The molecule has 1 amide bonds. The monoisotopic (exact) mass is 188 g/mol. The van der Waals surface area contributed by atoms with Gasteiger partial charge in [-0.25, -0.2) is 14.8 Å². The van der Waals surface area contributed by atoms with Crippen LogP contribution in [0.4, 0.5) is 4.79 Å². The maximum absolute atomic E-state index is 11.4. The van der Waals surface area contributed by atoms with Gasteiger partial charge < -0.3 is 4.74 Å². The van der Waals surface area contributed by atoms with E-state index in [1.54, 1.807) is 10.0 Å². The molecule has 0 aromatic rings. The highest BCUT2D eigenvalue weighted by molar-refractivity contribution is 5.66. The molecule has 0 aliphatic carbocycles. The Balaban J connectivity index is 3.96. The third-order valence-electron chi connectivity index (χ3n) is 1.56. The van der Waals surface area contributed by atoms with Gasteiger partial charge in [-0.15, -0.1) is 0 Å². The summed E-state index contributed by atoms with van der Waals surface area (Å²) in [5, 5.41) is 3.34. The Morgan fingerprint density at radius 3 is 2.23 bits per heavy atom. The summed E-state index contributed by atoms with van der Waals surface area (Å²) in [7, 11) is 3.67. The van der Waals surface area contributed by atoms with Crippen molar-refractivity contribution in [2.24, 2.45) is 0 Å². The zero-order valence-corrected chi connectivity index (χ0v) is 9.04. The fourth-order valence-corrected chi connectivity index (χ4v) is 0.930. The van der Waals surface area contributed by atoms with Gasteiger partial charge >= 0.3 is 6.09 Å². The second-order valence-electron chi connectivity index (χ2n) is 3.08. The van der Waals surface area contributed by atoms with Gasteiger partial charge in [0.25, 0.3) is 0 Å². The molecule has 0 spiro atoms. The lowest BCUT2D eigenvalue weighted by atomic mass is 10.5. The molecule has 0 heterocycles. The fraction of sp³-hybridized carbons (Fsp3) is 0.889. The van der Waals surface area contributed by atoms with Gasteiger partial charge in [-0.05, 0) is 12.8 Å². The molecular formula is C9H20N2O2. The van der Waals surface area contributed by atoms with Crippen molar-refractivity contribution in [2.45, 2.75) is 26.7 Å². The first-order valence-corrected chi connectivity index (χ1v) is 4.75. The average Bonchev–Trinajstić information content (AvgIpc) is 2.09. The van der Waals surface area contributed by atoms with Crippen LogP contribution in [0.5, 0.6) is 0 Å². The van der Waals surface area contributed by atoms with Gasteiger partial charge in [0.05, 0.1) is 6.61 Å². The van der Waals surface area contributed by atoms with Gasteiger partial charge in [-0.1, -0.05) is 13.8 Å². The third kappa shape index (κ3) is 4.72. The van der Waals surface area contributed by atoms with Gasteiger partial charge in [0, 0.05) is 20.6 Å². The second-order valence-corrected chi connectivity index (χ2v) is 3.08. The first-order chi connectivity index (χ1) is 6.13. The molecule has 0 unspecified atom stereocenters. The summed E-state index contributed by atoms with van der Waals surface area (Å²) in [6.07, 6.45) is 1.53. The summed E-state index contributed by atoms with van der Waals surface area (Å²) in [6, 6.07) is 0. The highest BCUT2D eigenvalue weighted by Gasteiger charge is 2.15. The van der Waals surface area contributed by atoms with E-state index in [1.165, 1.54) is 0 Å².